The molecule has 0 aromatic heterocycles. The summed E-state index contributed by atoms with van der Waals surface area (Å²) < 4.78 is 39.8. The van der Waals surface area contributed by atoms with Crippen LogP contribution in [0.3, 0.4) is 0 Å². The van der Waals surface area contributed by atoms with Gasteiger partial charge in [-0.3, -0.25) is 0 Å². The molecular weight excluding hydrogens is 322 g/mol. The number of rotatable bonds is 1. The van der Waals surface area contributed by atoms with Crippen LogP contribution in [0.4, 0.5) is 13.2 Å². The minimum Gasteiger partial charge on any atom is -0.375 e. The highest BCUT2D eigenvalue weighted by Crippen LogP contribution is 2.47. The zero-order chi connectivity index (χ0) is 12.7. The summed E-state index contributed by atoms with van der Waals surface area (Å²) in [6.45, 7) is 0. The van der Waals surface area contributed by atoms with Gasteiger partial charge < -0.3 is 4.84 Å². The van der Waals surface area contributed by atoms with Crippen molar-refractivity contribution in [3.8, 4) is 0 Å². The van der Waals surface area contributed by atoms with Gasteiger partial charge in [0.25, 0.3) is 5.60 Å². The van der Waals surface area contributed by atoms with Gasteiger partial charge in [-0.15, -0.1) is 0 Å². The van der Waals surface area contributed by atoms with E-state index >= 15 is 0 Å². The van der Waals surface area contributed by atoms with Crippen LogP contribution in [-0.4, -0.2) is 12.4 Å². The van der Waals surface area contributed by atoms with E-state index < -0.39 is 11.8 Å². The third-order valence-corrected chi connectivity index (χ3v) is 3.12. The number of nitrogens with zero attached hydrogens (tertiary/aromatic N) is 1. The molecule has 1 aromatic rings. The van der Waals surface area contributed by atoms with Crippen LogP contribution in [0.15, 0.2) is 27.8 Å². The Morgan fingerprint density at radius 3 is 2.53 bits per heavy atom. The van der Waals surface area contributed by atoms with Gasteiger partial charge in [0, 0.05) is 27.7 Å². The van der Waals surface area contributed by atoms with E-state index in [1.54, 1.807) is 0 Å². The maximum absolute atomic E-state index is 13.1. The Hall–Kier alpha value is -0.750. The normalized spacial score (nSPS) is 23.8. The summed E-state index contributed by atoms with van der Waals surface area (Å²) in [5, 5.41) is 3.44. The highest BCUT2D eigenvalue weighted by molar-refractivity contribution is 9.10. The van der Waals surface area contributed by atoms with E-state index in [2.05, 4.69) is 25.9 Å². The zero-order valence-electron chi connectivity index (χ0n) is 8.26. The lowest BCUT2D eigenvalue weighted by Crippen LogP contribution is -2.42. The average Bonchev–Trinajstić information content (AvgIpc) is 2.64. The first-order valence-electron chi connectivity index (χ1n) is 4.58. The lowest BCUT2D eigenvalue weighted by molar-refractivity contribution is -0.275. The minimum atomic E-state index is -4.56. The molecule has 1 aromatic carbocycles. The van der Waals surface area contributed by atoms with Gasteiger partial charge in [-0.05, 0) is 18.2 Å². The topological polar surface area (TPSA) is 21.6 Å². The Balaban J connectivity index is 2.54. The summed E-state index contributed by atoms with van der Waals surface area (Å²) in [7, 11) is 0. The summed E-state index contributed by atoms with van der Waals surface area (Å²) in [5.41, 5.74) is -2.50. The molecule has 0 N–H and O–H groups in total. The van der Waals surface area contributed by atoms with Gasteiger partial charge in [-0.1, -0.05) is 32.7 Å². The fraction of sp³-hybridized carbons (Fsp3) is 0.300. The number of hydrogen-bond donors (Lipinski definition) is 0. The predicted molar refractivity (Wildman–Crippen MR) is 61.1 cm³/mol. The Labute approximate surface area is 109 Å². The maximum atomic E-state index is 13.1. The molecule has 2 rings (SSSR count). The average molecular weight is 329 g/mol. The monoisotopic (exact) mass is 327 g/mol. The van der Waals surface area contributed by atoms with Crippen molar-refractivity contribution in [2.24, 2.45) is 5.16 Å². The van der Waals surface area contributed by atoms with Crippen LogP contribution in [0, 0.1) is 0 Å². The van der Waals surface area contributed by atoms with Crippen molar-refractivity contribution in [1.82, 2.24) is 0 Å². The molecule has 0 saturated heterocycles. The van der Waals surface area contributed by atoms with Gasteiger partial charge in [-0.25, -0.2) is 0 Å². The fourth-order valence-corrected chi connectivity index (χ4v) is 2.48. The van der Waals surface area contributed by atoms with Crippen molar-refractivity contribution < 1.29 is 18.0 Å². The number of oxime groups is 1. The molecule has 7 heteroatoms. The molecule has 0 saturated carbocycles. The first-order valence-corrected chi connectivity index (χ1v) is 5.75. The maximum Gasteiger partial charge on any atom is 0.435 e. The molecule has 0 aliphatic carbocycles. The van der Waals surface area contributed by atoms with Crippen LogP contribution in [-0.2, 0) is 10.4 Å². The highest BCUT2D eigenvalue weighted by atomic mass is 79.9. The van der Waals surface area contributed by atoms with E-state index in [0.29, 0.717) is 4.47 Å². The number of alkyl halides is 3. The Kier molecular flexibility index (Phi) is 3.12. The van der Waals surface area contributed by atoms with E-state index in [4.69, 9.17) is 11.6 Å². The zero-order valence-corrected chi connectivity index (χ0v) is 10.6. The quantitative estimate of drug-likeness (QED) is 0.754. The van der Waals surface area contributed by atoms with Crippen LogP contribution in [0.5, 0.6) is 0 Å². The van der Waals surface area contributed by atoms with Crippen LogP contribution in [0.2, 0.25) is 5.02 Å². The second-order valence-electron chi connectivity index (χ2n) is 3.57. The van der Waals surface area contributed by atoms with Gasteiger partial charge in [0.1, 0.15) is 0 Å². The first-order chi connectivity index (χ1) is 7.85. The van der Waals surface area contributed by atoms with E-state index in [1.807, 2.05) is 0 Å². The first kappa shape index (κ1) is 12.7. The minimum absolute atomic E-state index is 0.0677. The lowest BCUT2D eigenvalue weighted by atomic mass is 9.90. The van der Waals surface area contributed by atoms with E-state index in [-0.39, 0.29) is 17.0 Å². The molecule has 1 unspecified atom stereocenters. The molecule has 1 heterocycles. The molecule has 92 valence electrons. The van der Waals surface area contributed by atoms with Crippen LogP contribution in [0.25, 0.3) is 0 Å². The molecular formula is C10H6BrClF3NO. The number of benzene rings is 1. The van der Waals surface area contributed by atoms with E-state index in [1.165, 1.54) is 18.2 Å². The van der Waals surface area contributed by atoms with Crippen LogP contribution < -0.4 is 0 Å². The highest BCUT2D eigenvalue weighted by Gasteiger charge is 2.60. The third-order valence-electron chi connectivity index (χ3n) is 2.45. The summed E-state index contributed by atoms with van der Waals surface area (Å²) in [6, 6.07) is 4.06. The van der Waals surface area contributed by atoms with Crippen molar-refractivity contribution in [2.75, 3.05) is 0 Å². The molecule has 1 aliphatic heterocycles. The molecule has 0 spiro atoms. The summed E-state index contributed by atoms with van der Waals surface area (Å²) in [5.74, 6) is 0. The van der Waals surface area contributed by atoms with Crippen LogP contribution >= 0.6 is 27.5 Å². The molecule has 0 fully saturated rings. The lowest BCUT2D eigenvalue weighted by Gasteiger charge is -2.29. The summed E-state index contributed by atoms with van der Waals surface area (Å²) in [6.07, 6.45) is -3.82. The standard InChI is InChI=1S/C10H6BrClF3NO/c11-7-3-6(4-8(12)5-7)9(10(13,14)15)1-2-16-17-9/h2-5H,1H2. The third kappa shape index (κ3) is 2.15. The molecule has 0 amide bonds. The van der Waals surface area contributed by atoms with E-state index in [0.717, 1.165) is 6.21 Å². The second kappa shape index (κ2) is 4.17. The Morgan fingerprint density at radius 1 is 1.35 bits per heavy atom. The van der Waals surface area contributed by atoms with Crippen molar-refractivity contribution >= 4 is 33.7 Å². The van der Waals surface area contributed by atoms with Gasteiger partial charge >= 0.3 is 6.18 Å². The summed E-state index contributed by atoms with van der Waals surface area (Å²) in [4.78, 5) is 4.57. The van der Waals surface area contributed by atoms with Gasteiger partial charge in [0.15, 0.2) is 0 Å². The SMILES string of the molecule is FC(F)(F)C1(c2cc(Cl)cc(Br)c2)CC=NO1. The second-order valence-corrected chi connectivity index (χ2v) is 4.92. The molecule has 2 nitrogen and oxygen atoms in total. The van der Waals surface area contributed by atoms with Crippen molar-refractivity contribution in [3.63, 3.8) is 0 Å². The van der Waals surface area contributed by atoms with E-state index in [9.17, 15) is 13.2 Å². The van der Waals surface area contributed by atoms with Gasteiger partial charge in [0.2, 0.25) is 0 Å². The molecule has 0 radical (unpaired) electrons. The molecule has 1 aliphatic rings. The smallest absolute Gasteiger partial charge is 0.375 e. The van der Waals surface area contributed by atoms with Crippen molar-refractivity contribution in [2.45, 2.75) is 18.2 Å². The fourth-order valence-electron chi connectivity index (χ4n) is 1.62. The van der Waals surface area contributed by atoms with Gasteiger partial charge in [0.05, 0.1) is 0 Å². The van der Waals surface area contributed by atoms with Crippen molar-refractivity contribution in [1.29, 1.82) is 0 Å². The molecule has 17 heavy (non-hydrogen) atoms. The Bertz CT molecular complexity index is 447. The number of hydrogen-bond acceptors (Lipinski definition) is 2. The van der Waals surface area contributed by atoms with Crippen LogP contribution in [0.1, 0.15) is 12.0 Å². The summed E-state index contributed by atoms with van der Waals surface area (Å²) >= 11 is 8.85. The molecule has 0 bridgehead atoms. The molecule has 1 atom stereocenters. The Morgan fingerprint density at radius 2 is 2.06 bits per heavy atom. The van der Waals surface area contributed by atoms with Crippen molar-refractivity contribution in [3.05, 3.63) is 33.3 Å². The van der Waals surface area contributed by atoms with Gasteiger partial charge in [-0.2, -0.15) is 13.2 Å². The largest absolute Gasteiger partial charge is 0.435 e. The predicted octanol–water partition coefficient (Wildman–Crippen LogP) is 4.27. The number of halogens is 5.